The predicted molar refractivity (Wildman–Crippen MR) is 128 cm³/mol. The number of likely N-dealkylation sites (N-methyl/N-ethyl adjacent to an activating group) is 1. The molecule has 2 heterocycles. The normalized spacial score (nSPS) is 21.1. The summed E-state index contributed by atoms with van der Waals surface area (Å²) in [5.74, 6) is 0.959. The number of ether oxygens (including phenoxy) is 2. The van der Waals surface area contributed by atoms with Gasteiger partial charge in [0, 0.05) is 37.2 Å². The molecule has 1 aromatic carbocycles. The zero-order valence-electron chi connectivity index (χ0n) is 20.2. The Balaban J connectivity index is 1.68. The van der Waals surface area contributed by atoms with Crippen LogP contribution in [0.2, 0.25) is 0 Å². The highest BCUT2D eigenvalue weighted by atomic mass is 16.5. The van der Waals surface area contributed by atoms with Crippen molar-refractivity contribution in [2.75, 3.05) is 33.9 Å². The Bertz CT molecular complexity index is 1040. The molecule has 1 fully saturated rings. The van der Waals surface area contributed by atoms with Crippen molar-refractivity contribution in [2.45, 2.75) is 38.8 Å². The number of methoxy groups -OCH3 is 1. The molecule has 34 heavy (non-hydrogen) atoms. The van der Waals surface area contributed by atoms with Gasteiger partial charge in [-0.1, -0.05) is 19.1 Å². The molecule has 2 amide bonds. The fraction of sp³-hybridized carbons (Fsp3) is 0.500. The number of hydrogen-bond donors (Lipinski definition) is 1. The topological polar surface area (TPSA) is 92.2 Å². The first-order chi connectivity index (χ1) is 16.3. The molecule has 2 aromatic rings. The third-order valence-corrected chi connectivity index (χ3v) is 6.70. The first kappa shape index (κ1) is 24.0. The summed E-state index contributed by atoms with van der Waals surface area (Å²) in [6, 6.07) is 8.96. The van der Waals surface area contributed by atoms with E-state index in [2.05, 4.69) is 4.98 Å². The summed E-state index contributed by atoms with van der Waals surface area (Å²) in [7, 11) is 3.41. The number of aliphatic hydroxyl groups excluding tert-OH is 1. The summed E-state index contributed by atoms with van der Waals surface area (Å²) in [5.41, 5.74) is 2.02. The number of carbonyl (C=O) groups is 2. The lowest BCUT2D eigenvalue weighted by molar-refractivity contribution is -0.132. The quantitative estimate of drug-likeness (QED) is 0.673. The number of benzene rings is 1. The Morgan fingerprint density at radius 3 is 2.62 bits per heavy atom. The standard InChI is InChI=1S/C26H33N3O5/c1-16-13-29(17(2)15-30)26(32)22-11-20(18-7-9-21(33-4)10-8-18)12-27-24(22)34-23(16)14-28(3)25(31)19-5-6-19/h7-12,16-17,19,23,30H,5-6,13-15H2,1-4H3/t16-,17+,23-/m1/s1. The van der Waals surface area contributed by atoms with Crippen LogP contribution in [-0.4, -0.2) is 77.7 Å². The number of carbonyl (C=O) groups excluding carboxylic acids is 2. The van der Waals surface area contributed by atoms with Crippen LogP contribution in [0.1, 0.15) is 37.0 Å². The van der Waals surface area contributed by atoms with E-state index in [0.717, 1.165) is 29.7 Å². The van der Waals surface area contributed by atoms with Gasteiger partial charge in [-0.2, -0.15) is 0 Å². The molecule has 2 aliphatic rings. The van der Waals surface area contributed by atoms with Crippen molar-refractivity contribution in [3.63, 3.8) is 0 Å². The van der Waals surface area contributed by atoms with E-state index < -0.39 is 0 Å². The zero-order chi connectivity index (χ0) is 24.4. The lowest BCUT2D eigenvalue weighted by atomic mass is 9.99. The number of hydrogen-bond acceptors (Lipinski definition) is 6. The molecule has 0 spiro atoms. The van der Waals surface area contributed by atoms with E-state index in [1.165, 1.54) is 0 Å². The van der Waals surface area contributed by atoms with Gasteiger partial charge in [-0.05, 0) is 43.5 Å². The maximum absolute atomic E-state index is 13.6. The van der Waals surface area contributed by atoms with Gasteiger partial charge in [-0.3, -0.25) is 9.59 Å². The van der Waals surface area contributed by atoms with Gasteiger partial charge in [-0.15, -0.1) is 0 Å². The lowest BCUT2D eigenvalue weighted by Gasteiger charge is -2.37. The van der Waals surface area contributed by atoms with Gasteiger partial charge in [0.2, 0.25) is 11.8 Å². The van der Waals surface area contributed by atoms with E-state index in [-0.39, 0.29) is 48.3 Å². The third-order valence-electron chi connectivity index (χ3n) is 6.70. The molecule has 0 unspecified atom stereocenters. The highest BCUT2D eigenvalue weighted by Crippen LogP contribution is 2.33. The zero-order valence-corrected chi connectivity index (χ0v) is 20.2. The molecule has 0 saturated heterocycles. The molecule has 0 bridgehead atoms. The number of fused-ring (bicyclic) bond motifs is 1. The highest BCUT2D eigenvalue weighted by molar-refractivity contribution is 5.98. The second-order valence-electron chi connectivity index (χ2n) is 9.42. The second-order valence-corrected chi connectivity index (χ2v) is 9.42. The molecular weight excluding hydrogens is 434 g/mol. The van der Waals surface area contributed by atoms with Gasteiger partial charge in [0.15, 0.2) is 0 Å². The summed E-state index contributed by atoms with van der Waals surface area (Å²) in [6.45, 7) is 4.49. The molecule has 1 aliphatic carbocycles. The molecule has 4 rings (SSSR count). The van der Waals surface area contributed by atoms with Crippen molar-refractivity contribution in [3.8, 4) is 22.8 Å². The smallest absolute Gasteiger partial charge is 0.259 e. The molecule has 1 aromatic heterocycles. The van der Waals surface area contributed by atoms with Crippen molar-refractivity contribution in [2.24, 2.45) is 11.8 Å². The fourth-order valence-electron chi connectivity index (χ4n) is 4.26. The summed E-state index contributed by atoms with van der Waals surface area (Å²) < 4.78 is 11.5. The molecule has 3 atom stereocenters. The maximum Gasteiger partial charge on any atom is 0.259 e. The summed E-state index contributed by atoms with van der Waals surface area (Å²) in [4.78, 5) is 34.1. The van der Waals surface area contributed by atoms with Crippen molar-refractivity contribution in [3.05, 3.63) is 42.1 Å². The molecule has 8 heteroatoms. The van der Waals surface area contributed by atoms with E-state index in [0.29, 0.717) is 18.7 Å². The molecule has 1 N–H and O–H groups in total. The number of aliphatic hydroxyl groups is 1. The molecule has 182 valence electrons. The average Bonchev–Trinajstić information content (AvgIpc) is 3.70. The Morgan fingerprint density at radius 1 is 1.29 bits per heavy atom. The monoisotopic (exact) mass is 467 g/mol. The van der Waals surface area contributed by atoms with E-state index in [4.69, 9.17) is 9.47 Å². The number of rotatable bonds is 7. The fourth-order valence-corrected chi connectivity index (χ4v) is 4.26. The van der Waals surface area contributed by atoms with Crippen LogP contribution in [0, 0.1) is 11.8 Å². The second kappa shape index (κ2) is 10.0. The summed E-state index contributed by atoms with van der Waals surface area (Å²) in [6.07, 6.45) is 3.24. The molecule has 1 aliphatic heterocycles. The predicted octanol–water partition coefficient (Wildman–Crippen LogP) is 2.85. The number of aromatic nitrogens is 1. The minimum atomic E-state index is -0.364. The van der Waals surface area contributed by atoms with Crippen LogP contribution in [0.4, 0.5) is 0 Å². The van der Waals surface area contributed by atoms with Crippen LogP contribution < -0.4 is 9.47 Å². The van der Waals surface area contributed by atoms with Crippen LogP contribution in [0.5, 0.6) is 11.6 Å². The van der Waals surface area contributed by atoms with Gasteiger partial charge < -0.3 is 24.4 Å². The molecule has 0 radical (unpaired) electrons. The van der Waals surface area contributed by atoms with E-state index in [1.54, 1.807) is 36.2 Å². The van der Waals surface area contributed by atoms with Crippen LogP contribution in [0.3, 0.4) is 0 Å². The van der Waals surface area contributed by atoms with Crippen molar-refractivity contribution < 1.29 is 24.2 Å². The van der Waals surface area contributed by atoms with Gasteiger partial charge >= 0.3 is 0 Å². The molecular formula is C26H33N3O5. The first-order valence-corrected chi connectivity index (χ1v) is 11.8. The first-order valence-electron chi connectivity index (χ1n) is 11.8. The minimum Gasteiger partial charge on any atom is -0.497 e. The number of nitrogens with zero attached hydrogens (tertiary/aromatic N) is 3. The largest absolute Gasteiger partial charge is 0.497 e. The van der Waals surface area contributed by atoms with Gasteiger partial charge in [0.1, 0.15) is 17.4 Å². The van der Waals surface area contributed by atoms with Crippen molar-refractivity contribution >= 4 is 11.8 Å². The van der Waals surface area contributed by atoms with Crippen LogP contribution in [0.15, 0.2) is 36.5 Å². The van der Waals surface area contributed by atoms with Crippen molar-refractivity contribution in [1.29, 1.82) is 0 Å². The minimum absolute atomic E-state index is 0.0661. The average molecular weight is 468 g/mol. The Morgan fingerprint density at radius 2 is 2.00 bits per heavy atom. The Hall–Kier alpha value is -3.13. The highest BCUT2D eigenvalue weighted by Gasteiger charge is 2.37. The maximum atomic E-state index is 13.6. The van der Waals surface area contributed by atoms with E-state index >= 15 is 0 Å². The van der Waals surface area contributed by atoms with Crippen LogP contribution in [-0.2, 0) is 4.79 Å². The van der Waals surface area contributed by atoms with Crippen LogP contribution in [0.25, 0.3) is 11.1 Å². The van der Waals surface area contributed by atoms with Gasteiger partial charge in [0.25, 0.3) is 5.91 Å². The van der Waals surface area contributed by atoms with Gasteiger partial charge in [0.05, 0.1) is 26.3 Å². The molecule has 8 nitrogen and oxygen atoms in total. The Labute approximate surface area is 200 Å². The van der Waals surface area contributed by atoms with Crippen LogP contribution >= 0.6 is 0 Å². The summed E-state index contributed by atoms with van der Waals surface area (Å²) >= 11 is 0. The molecule has 1 saturated carbocycles. The van der Waals surface area contributed by atoms with Crippen molar-refractivity contribution in [1.82, 2.24) is 14.8 Å². The van der Waals surface area contributed by atoms with Gasteiger partial charge in [-0.25, -0.2) is 4.98 Å². The summed E-state index contributed by atoms with van der Waals surface area (Å²) in [5, 5.41) is 9.83. The number of pyridine rings is 1. The van der Waals surface area contributed by atoms with E-state index in [1.807, 2.05) is 38.1 Å². The third kappa shape index (κ3) is 5.01. The number of amides is 2. The van der Waals surface area contributed by atoms with E-state index in [9.17, 15) is 14.7 Å². The Kier molecular flexibility index (Phi) is 7.07. The lowest BCUT2D eigenvalue weighted by Crippen LogP contribution is -2.50. The SMILES string of the molecule is COc1ccc(-c2cnc3c(c2)C(=O)N([C@@H](C)CO)C[C@@H](C)[C@@H](CN(C)C(=O)C2CC2)O3)cc1.